The van der Waals surface area contributed by atoms with Gasteiger partial charge in [0.15, 0.2) is 6.10 Å². The summed E-state index contributed by atoms with van der Waals surface area (Å²) in [5, 5.41) is 0. The average Bonchev–Trinajstić information content (AvgIpc) is 2.86. The van der Waals surface area contributed by atoms with Crippen molar-refractivity contribution < 1.29 is 14.3 Å². The number of amides is 1. The second-order valence-corrected chi connectivity index (χ2v) is 7.75. The first-order chi connectivity index (χ1) is 11.9. The molecule has 0 unspecified atom stereocenters. The van der Waals surface area contributed by atoms with Crippen LogP contribution in [0.2, 0.25) is 0 Å². The van der Waals surface area contributed by atoms with E-state index < -0.39 is 22.3 Å². The molecule has 0 aliphatic carbocycles. The summed E-state index contributed by atoms with van der Waals surface area (Å²) in [6, 6.07) is 18.7. The molecule has 130 valence electrons. The molecule has 4 nitrogen and oxygen atoms in total. The number of alkyl halides is 1. The number of anilines is 1. The lowest BCUT2D eigenvalue weighted by Crippen LogP contribution is -2.36. The Labute approximate surface area is 155 Å². The summed E-state index contributed by atoms with van der Waals surface area (Å²) in [6.45, 7) is 4.39. The molecule has 1 aliphatic rings. The topological polar surface area (TPSA) is 46.6 Å². The molecule has 2 atom stereocenters. The van der Waals surface area contributed by atoms with Crippen LogP contribution in [0.3, 0.4) is 0 Å². The quantitative estimate of drug-likeness (QED) is 0.571. The van der Waals surface area contributed by atoms with Crippen molar-refractivity contribution in [2.75, 3.05) is 11.4 Å². The van der Waals surface area contributed by atoms with Gasteiger partial charge in [-0.25, -0.2) is 0 Å². The summed E-state index contributed by atoms with van der Waals surface area (Å²) in [4.78, 5) is 26.5. The molecular weight excluding hydrogens is 382 g/mol. The van der Waals surface area contributed by atoms with E-state index in [2.05, 4.69) is 15.9 Å². The maximum Gasteiger partial charge on any atom is 0.325 e. The van der Waals surface area contributed by atoms with Gasteiger partial charge in [-0.05, 0) is 17.7 Å². The van der Waals surface area contributed by atoms with Gasteiger partial charge in [-0.15, -0.1) is 0 Å². The maximum atomic E-state index is 12.8. The van der Waals surface area contributed by atoms with Gasteiger partial charge in [-0.3, -0.25) is 9.59 Å². The lowest BCUT2D eigenvalue weighted by atomic mass is 9.89. The zero-order valence-electron chi connectivity index (χ0n) is 14.2. The highest BCUT2D eigenvalue weighted by atomic mass is 79.9. The number of para-hydroxylation sites is 1. The number of halogens is 1. The van der Waals surface area contributed by atoms with E-state index in [9.17, 15) is 9.59 Å². The van der Waals surface area contributed by atoms with E-state index >= 15 is 0 Å². The fourth-order valence-electron chi connectivity index (χ4n) is 3.01. The van der Waals surface area contributed by atoms with Crippen LogP contribution >= 0.6 is 15.9 Å². The lowest BCUT2D eigenvalue weighted by molar-refractivity contribution is -0.157. The molecule has 0 bridgehead atoms. The van der Waals surface area contributed by atoms with Gasteiger partial charge in [0.1, 0.15) is 4.83 Å². The summed E-state index contributed by atoms with van der Waals surface area (Å²) in [5.41, 5.74) is 1.15. The van der Waals surface area contributed by atoms with Crippen molar-refractivity contribution in [1.82, 2.24) is 0 Å². The molecule has 2 aromatic carbocycles. The number of hydrogen-bond acceptors (Lipinski definition) is 3. The highest BCUT2D eigenvalue weighted by Gasteiger charge is 2.49. The van der Waals surface area contributed by atoms with E-state index in [0.29, 0.717) is 6.54 Å². The number of benzene rings is 2. The molecule has 2 aromatic rings. The smallest absolute Gasteiger partial charge is 0.325 e. The highest BCUT2D eigenvalue weighted by molar-refractivity contribution is 9.09. The second-order valence-electron chi connectivity index (χ2n) is 6.84. The first-order valence-electron chi connectivity index (χ1n) is 8.16. The van der Waals surface area contributed by atoms with Crippen molar-refractivity contribution in [3.8, 4) is 0 Å². The number of carbonyl (C=O) groups excluding carboxylic acids is 2. The Kier molecular flexibility index (Phi) is 4.95. The third-order valence-electron chi connectivity index (χ3n) is 4.37. The fourth-order valence-corrected chi connectivity index (χ4v) is 3.43. The van der Waals surface area contributed by atoms with Crippen LogP contribution in [0.5, 0.6) is 0 Å². The van der Waals surface area contributed by atoms with Crippen LogP contribution in [0.25, 0.3) is 0 Å². The van der Waals surface area contributed by atoms with Crippen molar-refractivity contribution >= 4 is 33.5 Å². The third-order valence-corrected chi connectivity index (χ3v) is 5.27. The molecule has 3 rings (SSSR count). The Balaban J connectivity index is 1.77. The summed E-state index contributed by atoms with van der Waals surface area (Å²) in [6.07, 6.45) is -0.802. The number of nitrogens with zero attached hydrogens (tertiary/aromatic N) is 1. The van der Waals surface area contributed by atoms with E-state index in [1.807, 2.05) is 74.5 Å². The minimum atomic E-state index is -0.802. The van der Waals surface area contributed by atoms with Crippen molar-refractivity contribution in [1.29, 1.82) is 0 Å². The van der Waals surface area contributed by atoms with Crippen LogP contribution in [0.4, 0.5) is 5.69 Å². The number of esters is 1. The fraction of sp³-hybridized carbons (Fsp3) is 0.300. The first-order valence-corrected chi connectivity index (χ1v) is 9.08. The largest absolute Gasteiger partial charge is 0.450 e. The molecule has 25 heavy (non-hydrogen) atoms. The Morgan fingerprint density at radius 2 is 1.68 bits per heavy atom. The lowest BCUT2D eigenvalue weighted by Gasteiger charge is -2.24. The predicted octanol–water partition coefficient (Wildman–Crippen LogP) is 4.11. The van der Waals surface area contributed by atoms with E-state index in [1.165, 1.54) is 0 Å². The zero-order chi connectivity index (χ0) is 18.0. The molecule has 0 spiro atoms. The van der Waals surface area contributed by atoms with E-state index in [0.717, 1.165) is 11.3 Å². The van der Waals surface area contributed by atoms with Crippen molar-refractivity contribution in [2.24, 2.45) is 5.41 Å². The van der Waals surface area contributed by atoms with E-state index in [4.69, 9.17) is 4.74 Å². The molecule has 1 aliphatic heterocycles. The van der Waals surface area contributed by atoms with Crippen LogP contribution in [-0.2, 0) is 14.3 Å². The number of rotatable bonds is 4. The Morgan fingerprint density at radius 1 is 1.12 bits per heavy atom. The summed E-state index contributed by atoms with van der Waals surface area (Å²) in [7, 11) is 0. The van der Waals surface area contributed by atoms with Crippen molar-refractivity contribution in [2.45, 2.75) is 24.8 Å². The van der Waals surface area contributed by atoms with Gasteiger partial charge in [0.25, 0.3) is 5.91 Å². The zero-order valence-corrected chi connectivity index (χ0v) is 15.8. The van der Waals surface area contributed by atoms with Crippen LogP contribution < -0.4 is 4.90 Å². The summed E-state index contributed by atoms with van der Waals surface area (Å²) in [5.74, 6) is -0.634. The van der Waals surface area contributed by atoms with Crippen LogP contribution in [0.15, 0.2) is 60.7 Å². The van der Waals surface area contributed by atoms with Crippen LogP contribution in [0, 0.1) is 5.41 Å². The molecule has 0 saturated carbocycles. The van der Waals surface area contributed by atoms with E-state index in [-0.39, 0.29) is 5.91 Å². The predicted molar refractivity (Wildman–Crippen MR) is 101 cm³/mol. The molecule has 0 aromatic heterocycles. The summed E-state index contributed by atoms with van der Waals surface area (Å²) >= 11 is 3.38. The van der Waals surface area contributed by atoms with Gasteiger partial charge in [-0.2, -0.15) is 0 Å². The van der Waals surface area contributed by atoms with Crippen molar-refractivity contribution in [3.05, 3.63) is 66.2 Å². The second kappa shape index (κ2) is 7.00. The molecule has 5 heteroatoms. The minimum Gasteiger partial charge on any atom is -0.450 e. The maximum absolute atomic E-state index is 12.8. The molecule has 0 N–H and O–H groups in total. The Bertz CT molecular complexity index is 761. The third kappa shape index (κ3) is 3.61. The number of ether oxygens (including phenoxy) is 1. The molecular formula is C20H20BrNO3. The van der Waals surface area contributed by atoms with Gasteiger partial charge in [0.2, 0.25) is 0 Å². The highest BCUT2D eigenvalue weighted by Crippen LogP contribution is 2.37. The summed E-state index contributed by atoms with van der Waals surface area (Å²) < 4.78 is 5.63. The Hall–Kier alpha value is -2.14. The average molecular weight is 402 g/mol. The van der Waals surface area contributed by atoms with Gasteiger partial charge >= 0.3 is 5.97 Å². The molecule has 1 fully saturated rings. The normalized spacial score (nSPS) is 20.4. The van der Waals surface area contributed by atoms with Crippen LogP contribution in [-0.4, -0.2) is 24.5 Å². The van der Waals surface area contributed by atoms with Gasteiger partial charge in [0.05, 0.1) is 0 Å². The molecule has 1 saturated heterocycles. The number of hydrogen-bond donors (Lipinski definition) is 0. The van der Waals surface area contributed by atoms with Crippen LogP contribution in [0.1, 0.15) is 24.2 Å². The Morgan fingerprint density at radius 3 is 2.28 bits per heavy atom. The molecule has 1 amide bonds. The standard InChI is InChI=1S/C20H20BrNO3/c1-20(2)13-22(15-11-7-4-8-12-15)18(23)17(20)25-19(24)16(21)14-9-5-3-6-10-14/h3-12,16-17H,13H2,1-2H3/t16-,17-/m1/s1. The van der Waals surface area contributed by atoms with E-state index in [1.54, 1.807) is 4.90 Å². The van der Waals surface area contributed by atoms with Crippen molar-refractivity contribution in [3.63, 3.8) is 0 Å². The minimum absolute atomic E-state index is 0.183. The molecule has 0 radical (unpaired) electrons. The number of carbonyl (C=O) groups is 2. The van der Waals surface area contributed by atoms with Gasteiger partial charge in [-0.1, -0.05) is 78.3 Å². The van der Waals surface area contributed by atoms with Gasteiger partial charge in [0, 0.05) is 17.6 Å². The molecule has 1 heterocycles. The van der Waals surface area contributed by atoms with Gasteiger partial charge < -0.3 is 9.64 Å². The first kappa shape index (κ1) is 17.7. The monoisotopic (exact) mass is 401 g/mol. The SMILES string of the molecule is CC1(C)CN(c2ccccc2)C(=O)[C@H]1OC(=O)[C@H](Br)c1ccccc1.